The summed E-state index contributed by atoms with van der Waals surface area (Å²) in [5.41, 5.74) is 0. The first-order valence-electron chi connectivity index (χ1n) is 3.01. The third kappa shape index (κ3) is 10.8. The lowest BCUT2D eigenvalue weighted by Gasteiger charge is -1.92. The topological polar surface area (TPSA) is 54.4 Å². The maximum absolute atomic E-state index is 10.1. The van der Waals surface area contributed by atoms with Crippen LogP contribution < -0.4 is 0 Å². The fraction of sp³-hybridized carbons (Fsp3) is 1.00. The van der Waals surface area contributed by atoms with Crippen molar-refractivity contribution in [2.24, 2.45) is 0 Å². The van der Waals surface area contributed by atoms with Crippen LogP contribution in [-0.4, -0.2) is 18.7 Å². The van der Waals surface area contributed by atoms with Crippen LogP contribution in [0, 0.1) is 0 Å². The largest absolute Gasteiger partial charge is 0.286 e. The maximum Gasteiger partial charge on any atom is 0.264 e. The molecule has 0 saturated heterocycles. The molecule has 0 amide bonds. The van der Waals surface area contributed by atoms with Crippen molar-refractivity contribution in [1.82, 2.24) is 0 Å². The van der Waals surface area contributed by atoms with Crippen LogP contribution in [0.5, 0.6) is 0 Å². The summed E-state index contributed by atoms with van der Waals surface area (Å²) in [5, 5.41) is 0. The fourth-order valence-electron chi connectivity index (χ4n) is 0.534. The van der Waals surface area contributed by atoms with Crippen molar-refractivity contribution in [2.45, 2.75) is 33.6 Å². The Hall–Kier alpha value is -0.0900. The van der Waals surface area contributed by atoms with Gasteiger partial charge in [-0.05, 0) is 6.42 Å². The molecular weight excluding hydrogens is 152 g/mol. The first-order chi connectivity index (χ1) is 4.06. The van der Waals surface area contributed by atoms with E-state index < -0.39 is 10.1 Å². The molecule has 0 radical (unpaired) electrons. The summed E-state index contributed by atoms with van der Waals surface area (Å²) in [4.78, 5) is 0. The molecule has 0 bridgehead atoms. The molecule has 3 nitrogen and oxygen atoms in total. The monoisotopic (exact) mass is 168 g/mol. The van der Waals surface area contributed by atoms with Crippen molar-refractivity contribution in [3.63, 3.8) is 0 Å². The molecule has 64 valence electrons. The highest BCUT2D eigenvalue weighted by atomic mass is 32.2. The molecule has 0 fully saturated rings. The minimum atomic E-state index is -3.70. The molecule has 0 spiro atoms. The summed E-state index contributed by atoms with van der Waals surface area (Å²) >= 11 is 0. The van der Waals surface area contributed by atoms with Gasteiger partial charge in [0.1, 0.15) is 0 Å². The van der Waals surface area contributed by atoms with Crippen LogP contribution in [0.3, 0.4) is 0 Å². The lowest BCUT2D eigenvalue weighted by molar-refractivity contribution is 0.480. The zero-order valence-corrected chi connectivity index (χ0v) is 6.32. The Balaban J connectivity index is 0. The molecule has 0 aromatic rings. The zero-order valence-electron chi connectivity index (χ0n) is 5.50. The summed E-state index contributed by atoms with van der Waals surface area (Å²) in [7, 11) is -3.70. The Morgan fingerprint density at radius 1 is 1.30 bits per heavy atom. The van der Waals surface area contributed by atoms with E-state index in [1.807, 2.05) is 6.92 Å². The van der Waals surface area contributed by atoms with E-state index in [0.717, 1.165) is 12.8 Å². The second-order valence-corrected chi connectivity index (χ2v) is 3.57. The van der Waals surface area contributed by atoms with Crippen LogP contribution in [0.15, 0.2) is 0 Å². The SMILES string of the molecule is C.CCCCCS(=O)(=O)O. The summed E-state index contributed by atoms with van der Waals surface area (Å²) in [6.07, 6.45) is 2.39. The molecule has 10 heavy (non-hydrogen) atoms. The van der Waals surface area contributed by atoms with Crippen molar-refractivity contribution in [2.75, 3.05) is 5.75 Å². The van der Waals surface area contributed by atoms with Crippen molar-refractivity contribution in [1.29, 1.82) is 0 Å². The molecule has 4 heteroatoms. The standard InChI is InChI=1S/C5H12O3S.CH4/c1-2-3-4-5-9(6,7)8;/h2-5H2,1H3,(H,6,7,8);1H4. The van der Waals surface area contributed by atoms with Crippen LogP contribution >= 0.6 is 0 Å². The summed E-state index contributed by atoms with van der Waals surface area (Å²) in [6.45, 7) is 1.98. The average molecular weight is 168 g/mol. The van der Waals surface area contributed by atoms with Gasteiger partial charge < -0.3 is 0 Å². The third-order valence-corrected chi connectivity index (χ3v) is 1.81. The van der Waals surface area contributed by atoms with Crippen LogP contribution in [0.25, 0.3) is 0 Å². The van der Waals surface area contributed by atoms with Crippen LogP contribution in [-0.2, 0) is 10.1 Å². The summed E-state index contributed by atoms with van der Waals surface area (Å²) in [5.74, 6) is -0.0964. The molecule has 0 aliphatic rings. The van der Waals surface area contributed by atoms with Crippen molar-refractivity contribution < 1.29 is 13.0 Å². The molecule has 0 aliphatic heterocycles. The van der Waals surface area contributed by atoms with Gasteiger partial charge in [-0.25, -0.2) is 0 Å². The molecule has 0 aliphatic carbocycles. The van der Waals surface area contributed by atoms with Gasteiger partial charge in [0.25, 0.3) is 10.1 Å². The van der Waals surface area contributed by atoms with E-state index >= 15 is 0 Å². The number of rotatable bonds is 4. The quantitative estimate of drug-likeness (QED) is 0.513. The van der Waals surface area contributed by atoms with Gasteiger partial charge in [0.15, 0.2) is 0 Å². The Bertz CT molecular complexity index is 148. The predicted molar refractivity (Wildman–Crippen MR) is 42.7 cm³/mol. The van der Waals surface area contributed by atoms with E-state index in [9.17, 15) is 8.42 Å². The Morgan fingerprint density at radius 3 is 2.10 bits per heavy atom. The Morgan fingerprint density at radius 2 is 1.80 bits per heavy atom. The van der Waals surface area contributed by atoms with E-state index in [2.05, 4.69) is 0 Å². The molecule has 0 atom stereocenters. The molecule has 0 rings (SSSR count). The fourth-order valence-corrected chi connectivity index (χ4v) is 1.10. The first-order valence-corrected chi connectivity index (χ1v) is 4.62. The third-order valence-electron chi connectivity index (χ3n) is 1.01. The average Bonchev–Trinajstić information content (AvgIpc) is 1.63. The van der Waals surface area contributed by atoms with Gasteiger partial charge in [-0.15, -0.1) is 0 Å². The predicted octanol–water partition coefficient (Wildman–Crippen LogP) is 1.70. The summed E-state index contributed by atoms with van der Waals surface area (Å²) in [6, 6.07) is 0. The Labute approximate surface area is 63.2 Å². The van der Waals surface area contributed by atoms with Gasteiger partial charge in [0.05, 0.1) is 5.75 Å². The minimum absolute atomic E-state index is 0. The molecule has 1 N–H and O–H groups in total. The van der Waals surface area contributed by atoms with Crippen LogP contribution in [0.4, 0.5) is 0 Å². The number of unbranched alkanes of at least 4 members (excludes halogenated alkanes) is 2. The van der Waals surface area contributed by atoms with E-state index in [1.54, 1.807) is 0 Å². The van der Waals surface area contributed by atoms with Gasteiger partial charge in [-0.3, -0.25) is 4.55 Å². The van der Waals surface area contributed by atoms with E-state index in [0.29, 0.717) is 6.42 Å². The second kappa shape index (κ2) is 5.68. The molecular formula is C6H16O3S. The van der Waals surface area contributed by atoms with E-state index in [1.165, 1.54) is 0 Å². The highest BCUT2D eigenvalue weighted by Crippen LogP contribution is 1.96. The normalized spacial score (nSPS) is 10.6. The van der Waals surface area contributed by atoms with Crippen molar-refractivity contribution in [3.05, 3.63) is 0 Å². The zero-order chi connectivity index (χ0) is 7.33. The van der Waals surface area contributed by atoms with Crippen molar-refractivity contribution >= 4 is 10.1 Å². The maximum atomic E-state index is 10.1. The molecule has 0 aromatic heterocycles. The van der Waals surface area contributed by atoms with E-state index in [4.69, 9.17) is 4.55 Å². The minimum Gasteiger partial charge on any atom is -0.286 e. The molecule has 0 unspecified atom stereocenters. The highest BCUT2D eigenvalue weighted by molar-refractivity contribution is 7.85. The lowest BCUT2D eigenvalue weighted by atomic mass is 10.3. The molecule has 0 heterocycles. The first kappa shape index (κ1) is 12.6. The highest BCUT2D eigenvalue weighted by Gasteiger charge is 2.01. The van der Waals surface area contributed by atoms with Gasteiger partial charge in [-0.1, -0.05) is 27.2 Å². The van der Waals surface area contributed by atoms with E-state index in [-0.39, 0.29) is 13.2 Å². The van der Waals surface area contributed by atoms with Gasteiger partial charge in [-0.2, -0.15) is 8.42 Å². The molecule has 0 saturated carbocycles. The second-order valence-electron chi connectivity index (χ2n) is 1.99. The Kier molecular flexibility index (Phi) is 7.14. The van der Waals surface area contributed by atoms with Gasteiger partial charge >= 0.3 is 0 Å². The van der Waals surface area contributed by atoms with Crippen LogP contribution in [0.1, 0.15) is 33.6 Å². The smallest absolute Gasteiger partial charge is 0.264 e. The summed E-state index contributed by atoms with van der Waals surface area (Å²) < 4.78 is 28.3. The number of hydrogen-bond donors (Lipinski definition) is 1. The number of hydrogen-bond acceptors (Lipinski definition) is 2. The lowest BCUT2D eigenvalue weighted by Crippen LogP contribution is -2.02. The van der Waals surface area contributed by atoms with Gasteiger partial charge in [0.2, 0.25) is 0 Å². The van der Waals surface area contributed by atoms with Crippen LogP contribution in [0.2, 0.25) is 0 Å². The van der Waals surface area contributed by atoms with Gasteiger partial charge in [0, 0.05) is 0 Å². The molecule has 0 aromatic carbocycles. The van der Waals surface area contributed by atoms with Crippen molar-refractivity contribution in [3.8, 4) is 0 Å².